The first kappa shape index (κ1) is 20.1. The second-order valence-electron chi connectivity index (χ2n) is 6.49. The van der Waals surface area contributed by atoms with Crippen molar-refractivity contribution in [3.8, 4) is 10.4 Å². The summed E-state index contributed by atoms with van der Waals surface area (Å²) in [4.78, 5) is 27.0. The molecule has 0 atom stereocenters. The van der Waals surface area contributed by atoms with Crippen LogP contribution >= 0.6 is 11.3 Å². The van der Waals surface area contributed by atoms with E-state index in [2.05, 4.69) is 0 Å². The third-order valence-electron chi connectivity index (χ3n) is 4.09. The zero-order valence-electron chi connectivity index (χ0n) is 15.1. The molecule has 0 saturated heterocycles. The second-order valence-corrected chi connectivity index (χ2v) is 7.66. The van der Waals surface area contributed by atoms with Gasteiger partial charge in [-0.25, -0.2) is 4.39 Å². The van der Waals surface area contributed by atoms with Gasteiger partial charge in [-0.2, -0.15) is 0 Å². The van der Waals surface area contributed by atoms with Gasteiger partial charge < -0.3 is 10.0 Å². The van der Waals surface area contributed by atoms with E-state index in [-0.39, 0.29) is 24.2 Å². The molecule has 0 bridgehead atoms. The van der Waals surface area contributed by atoms with Crippen LogP contribution in [0.1, 0.15) is 44.4 Å². The highest BCUT2D eigenvalue weighted by Gasteiger charge is 2.18. The summed E-state index contributed by atoms with van der Waals surface area (Å²) in [6, 6.07) is 10.4. The number of nitrogens with zero attached hydrogens (tertiary/aromatic N) is 1. The highest BCUT2D eigenvalue weighted by Crippen LogP contribution is 2.29. The van der Waals surface area contributed by atoms with Crippen LogP contribution in [0.2, 0.25) is 0 Å². The Morgan fingerprint density at radius 2 is 1.73 bits per heavy atom. The van der Waals surface area contributed by atoms with Crippen LogP contribution in [0.25, 0.3) is 10.4 Å². The second kappa shape index (κ2) is 9.48. The molecule has 2 rings (SSSR count). The van der Waals surface area contributed by atoms with Gasteiger partial charge in [-0.1, -0.05) is 12.1 Å². The van der Waals surface area contributed by atoms with Crippen molar-refractivity contribution in [3.63, 3.8) is 0 Å². The zero-order chi connectivity index (χ0) is 19.1. The molecule has 0 radical (unpaired) electrons. The Labute approximate surface area is 157 Å². The average molecular weight is 377 g/mol. The fourth-order valence-corrected chi connectivity index (χ4v) is 3.67. The standard InChI is InChI=1S/C20H24FNO3S/c1-14(2)22(19(23)5-3-4-6-20(24)25)13-17-11-12-18(26-17)15-7-9-16(21)10-8-15/h7-12,14H,3-6,13H2,1-2H3,(H,24,25). The summed E-state index contributed by atoms with van der Waals surface area (Å²) >= 11 is 1.59. The fourth-order valence-electron chi connectivity index (χ4n) is 2.65. The normalized spacial score (nSPS) is 10.9. The highest BCUT2D eigenvalue weighted by molar-refractivity contribution is 7.15. The number of benzene rings is 1. The first-order valence-electron chi connectivity index (χ1n) is 8.72. The Morgan fingerprint density at radius 1 is 1.08 bits per heavy atom. The monoisotopic (exact) mass is 377 g/mol. The maximum Gasteiger partial charge on any atom is 0.303 e. The number of carbonyl (C=O) groups is 2. The number of thiophene rings is 1. The molecule has 0 aliphatic heterocycles. The molecule has 0 aliphatic carbocycles. The van der Waals surface area contributed by atoms with Gasteiger partial charge in [0.25, 0.3) is 0 Å². The minimum atomic E-state index is -0.829. The molecule has 0 fully saturated rings. The Hall–Kier alpha value is -2.21. The number of halogens is 1. The predicted octanol–water partition coefficient (Wildman–Crippen LogP) is 4.94. The van der Waals surface area contributed by atoms with Crippen molar-refractivity contribution >= 4 is 23.2 Å². The van der Waals surface area contributed by atoms with Gasteiger partial charge in [-0.05, 0) is 56.5 Å². The Bertz CT molecular complexity index is 740. The van der Waals surface area contributed by atoms with E-state index in [1.807, 2.05) is 30.9 Å². The number of hydrogen-bond acceptors (Lipinski definition) is 3. The topological polar surface area (TPSA) is 57.6 Å². The summed E-state index contributed by atoms with van der Waals surface area (Å²) in [5.41, 5.74) is 0.957. The first-order chi connectivity index (χ1) is 12.4. The third kappa shape index (κ3) is 5.95. The van der Waals surface area contributed by atoms with Gasteiger partial charge in [0.1, 0.15) is 5.82 Å². The molecule has 26 heavy (non-hydrogen) atoms. The van der Waals surface area contributed by atoms with Crippen LogP contribution in [0.5, 0.6) is 0 Å². The summed E-state index contributed by atoms with van der Waals surface area (Å²) in [5, 5.41) is 8.67. The minimum absolute atomic E-state index is 0.0436. The zero-order valence-corrected chi connectivity index (χ0v) is 15.9. The summed E-state index contributed by atoms with van der Waals surface area (Å²) in [6.45, 7) is 4.48. The number of unbranched alkanes of at least 4 members (excludes halogenated alkanes) is 1. The molecule has 1 aromatic heterocycles. The fraction of sp³-hybridized carbons (Fsp3) is 0.400. The maximum absolute atomic E-state index is 13.1. The van der Waals surface area contributed by atoms with E-state index < -0.39 is 5.97 Å². The smallest absolute Gasteiger partial charge is 0.303 e. The molecule has 1 heterocycles. The molecule has 1 amide bonds. The molecule has 1 aromatic carbocycles. The highest BCUT2D eigenvalue weighted by atomic mass is 32.1. The van der Waals surface area contributed by atoms with Crippen LogP contribution in [0.4, 0.5) is 4.39 Å². The molecule has 0 unspecified atom stereocenters. The minimum Gasteiger partial charge on any atom is -0.481 e. The SMILES string of the molecule is CC(C)N(Cc1ccc(-c2ccc(F)cc2)s1)C(=O)CCCCC(=O)O. The number of hydrogen-bond donors (Lipinski definition) is 1. The van der Waals surface area contributed by atoms with Gasteiger partial charge in [-0.3, -0.25) is 9.59 Å². The van der Waals surface area contributed by atoms with E-state index in [1.54, 1.807) is 23.5 Å². The van der Waals surface area contributed by atoms with Gasteiger partial charge in [-0.15, -0.1) is 11.3 Å². The molecule has 0 aliphatic rings. The lowest BCUT2D eigenvalue weighted by Gasteiger charge is -2.26. The van der Waals surface area contributed by atoms with Crippen molar-refractivity contribution in [2.75, 3.05) is 0 Å². The lowest BCUT2D eigenvalue weighted by Crippen LogP contribution is -2.36. The van der Waals surface area contributed by atoms with E-state index in [9.17, 15) is 14.0 Å². The maximum atomic E-state index is 13.1. The van der Waals surface area contributed by atoms with Crippen LogP contribution in [0.15, 0.2) is 36.4 Å². The Balaban J connectivity index is 1.98. The molecular formula is C20H24FNO3S. The Morgan fingerprint density at radius 3 is 2.35 bits per heavy atom. The van der Waals surface area contributed by atoms with Gasteiger partial charge in [0.05, 0.1) is 6.54 Å². The summed E-state index contributed by atoms with van der Waals surface area (Å²) in [5.74, 6) is -1.04. The van der Waals surface area contributed by atoms with Crippen molar-refractivity contribution in [3.05, 3.63) is 47.1 Å². The lowest BCUT2D eigenvalue weighted by molar-refractivity contribution is -0.138. The molecule has 2 aromatic rings. The third-order valence-corrected chi connectivity index (χ3v) is 5.21. The van der Waals surface area contributed by atoms with Crippen LogP contribution in [-0.4, -0.2) is 27.9 Å². The van der Waals surface area contributed by atoms with Crippen LogP contribution < -0.4 is 0 Å². The van der Waals surface area contributed by atoms with Crippen molar-refractivity contribution in [1.29, 1.82) is 0 Å². The van der Waals surface area contributed by atoms with Crippen molar-refractivity contribution in [2.24, 2.45) is 0 Å². The molecule has 6 heteroatoms. The molecule has 0 spiro atoms. The van der Waals surface area contributed by atoms with Crippen LogP contribution in [0, 0.1) is 5.82 Å². The van der Waals surface area contributed by atoms with E-state index in [0.29, 0.717) is 25.8 Å². The molecule has 0 saturated carbocycles. The largest absolute Gasteiger partial charge is 0.481 e. The van der Waals surface area contributed by atoms with Gasteiger partial charge in [0, 0.05) is 28.6 Å². The van der Waals surface area contributed by atoms with E-state index in [0.717, 1.165) is 15.3 Å². The molecule has 1 N–H and O–H groups in total. The summed E-state index contributed by atoms with van der Waals surface area (Å²) < 4.78 is 13.1. The predicted molar refractivity (Wildman–Crippen MR) is 102 cm³/mol. The van der Waals surface area contributed by atoms with Gasteiger partial charge in [0.2, 0.25) is 5.91 Å². The number of carboxylic acids is 1. The van der Waals surface area contributed by atoms with Gasteiger partial charge in [0.15, 0.2) is 0 Å². The molecular weight excluding hydrogens is 353 g/mol. The number of carbonyl (C=O) groups excluding carboxylic acids is 1. The molecule has 4 nitrogen and oxygen atoms in total. The van der Waals surface area contributed by atoms with E-state index in [4.69, 9.17) is 5.11 Å². The number of aliphatic carboxylic acids is 1. The summed E-state index contributed by atoms with van der Waals surface area (Å²) in [6.07, 6.45) is 1.56. The van der Waals surface area contributed by atoms with Crippen molar-refractivity contribution in [2.45, 2.75) is 52.1 Å². The number of carboxylic acid groups (broad SMARTS) is 1. The van der Waals surface area contributed by atoms with Crippen LogP contribution in [0.3, 0.4) is 0 Å². The lowest BCUT2D eigenvalue weighted by atomic mass is 10.1. The number of amides is 1. The summed E-state index contributed by atoms with van der Waals surface area (Å²) in [7, 11) is 0. The first-order valence-corrected chi connectivity index (χ1v) is 9.54. The molecule has 140 valence electrons. The Kier molecular flexibility index (Phi) is 7.33. The average Bonchev–Trinajstić information content (AvgIpc) is 3.05. The van der Waals surface area contributed by atoms with Crippen LogP contribution in [-0.2, 0) is 16.1 Å². The van der Waals surface area contributed by atoms with Gasteiger partial charge >= 0.3 is 5.97 Å². The quantitative estimate of drug-likeness (QED) is 0.630. The van der Waals surface area contributed by atoms with E-state index >= 15 is 0 Å². The van der Waals surface area contributed by atoms with Crippen molar-refractivity contribution < 1.29 is 19.1 Å². The van der Waals surface area contributed by atoms with E-state index in [1.165, 1.54) is 12.1 Å². The van der Waals surface area contributed by atoms with Crippen molar-refractivity contribution in [1.82, 2.24) is 4.90 Å². The number of rotatable bonds is 9.